The Balaban J connectivity index is 1.60. The lowest BCUT2D eigenvalue weighted by Gasteiger charge is -2.35. The molecule has 1 aliphatic heterocycles. The van der Waals surface area contributed by atoms with E-state index >= 15 is 0 Å². The molecular weight excluding hydrogens is 302 g/mol. The number of rotatable bonds is 4. The quantitative estimate of drug-likeness (QED) is 0.863. The number of ether oxygens (including phenoxy) is 2. The third-order valence-electron chi connectivity index (χ3n) is 4.06. The Bertz CT molecular complexity index is 659. The van der Waals surface area contributed by atoms with Gasteiger partial charge < -0.3 is 14.4 Å². The smallest absolute Gasteiger partial charge is 0.254 e. The maximum atomic E-state index is 12.6. The molecule has 4 heteroatoms. The highest BCUT2D eigenvalue weighted by Gasteiger charge is 2.26. The zero-order chi connectivity index (χ0) is 16.9. The first-order valence-corrected chi connectivity index (χ1v) is 8.33. The summed E-state index contributed by atoms with van der Waals surface area (Å²) in [4.78, 5) is 14.5. The molecule has 4 nitrogen and oxygen atoms in total. The second-order valence-electron chi connectivity index (χ2n) is 6.27. The molecule has 1 saturated heterocycles. The minimum Gasteiger partial charge on any atom is -0.489 e. The molecule has 24 heavy (non-hydrogen) atoms. The summed E-state index contributed by atoms with van der Waals surface area (Å²) >= 11 is 0. The molecule has 1 aliphatic rings. The summed E-state index contributed by atoms with van der Waals surface area (Å²) in [6.07, 6.45) is 0.160. The van der Waals surface area contributed by atoms with Crippen molar-refractivity contribution in [1.82, 2.24) is 4.90 Å². The van der Waals surface area contributed by atoms with Gasteiger partial charge in [0, 0.05) is 18.7 Å². The number of hydrogen-bond acceptors (Lipinski definition) is 3. The summed E-state index contributed by atoms with van der Waals surface area (Å²) in [7, 11) is 0. The molecule has 1 fully saturated rings. The highest BCUT2D eigenvalue weighted by molar-refractivity contribution is 5.94. The van der Waals surface area contributed by atoms with Crippen LogP contribution in [0.4, 0.5) is 0 Å². The minimum atomic E-state index is 0.0625. The van der Waals surface area contributed by atoms with E-state index in [0.29, 0.717) is 25.3 Å². The van der Waals surface area contributed by atoms with E-state index in [2.05, 4.69) is 0 Å². The van der Waals surface area contributed by atoms with E-state index in [1.54, 1.807) is 0 Å². The summed E-state index contributed by atoms with van der Waals surface area (Å²) in [5, 5.41) is 0. The lowest BCUT2D eigenvalue weighted by Crippen LogP contribution is -2.48. The Morgan fingerprint density at radius 1 is 1.04 bits per heavy atom. The summed E-state index contributed by atoms with van der Waals surface area (Å²) < 4.78 is 11.4. The Labute approximate surface area is 143 Å². The fourth-order valence-electron chi connectivity index (χ4n) is 2.95. The van der Waals surface area contributed by atoms with Crippen molar-refractivity contribution in [3.8, 4) is 5.75 Å². The van der Waals surface area contributed by atoms with Gasteiger partial charge in [0.15, 0.2) is 0 Å². The van der Waals surface area contributed by atoms with Gasteiger partial charge in [0.1, 0.15) is 12.4 Å². The molecule has 126 valence electrons. The normalized spacial score (nSPS) is 20.7. The maximum absolute atomic E-state index is 12.6. The van der Waals surface area contributed by atoms with E-state index in [1.807, 2.05) is 73.3 Å². The number of para-hydroxylation sites is 1. The zero-order valence-corrected chi connectivity index (χ0v) is 14.1. The van der Waals surface area contributed by atoms with Crippen molar-refractivity contribution in [3.63, 3.8) is 0 Å². The average molecular weight is 325 g/mol. The predicted octanol–water partition coefficient (Wildman–Crippen LogP) is 3.52. The van der Waals surface area contributed by atoms with Gasteiger partial charge in [0.05, 0.1) is 12.2 Å². The first-order valence-electron chi connectivity index (χ1n) is 8.33. The Morgan fingerprint density at radius 3 is 2.29 bits per heavy atom. The van der Waals surface area contributed by atoms with Crippen LogP contribution in [0.1, 0.15) is 29.8 Å². The molecule has 0 radical (unpaired) electrons. The van der Waals surface area contributed by atoms with Gasteiger partial charge in [-0.2, -0.15) is 0 Å². The molecule has 2 aromatic rings. The topological polar surface area (TPSA) is 38.8 Å². The first kappa shape index (κ1) is 16.5. The van der Waals surface area contributed by atoms with Crippen molar-refractivity contribution >= 4 is 5.91 Å². The number of amides is 1. The van der Waals surface area contributed by atoms with E-state index < -0.39 is 0 Å². The van der Waals surface area contributed by atoms with Gasteiger partial charge >= 0.3 is 0 Å². The molecule has 0 saturated carbocycles. The van der Waals surface area contributed by atoms with Crippen LogP contribution >= 0.6 is 0 Å². The molecule has 0 bridgehead atoms. The molecule has 1 amide bonds. The van der Waals surface area contributed by atoms with Crippen LogP contribution in [-0.4, -0.2) is 36.1 Å². The van der Waals surface area contributed by atoms with Gasteiger partial charge in [0.2, 0.25) is 0 Å². The van der Waals surface area contributed by atoms with Crippen LogP contribution < -0.4 is 4.74 Å². The van der Waals surface area contributed by atoms with Gasteiger partial charge in [-0.15, -0.1) is 0 Å². The van der Waals surface area contributed by atoms with Gasteiger partial charge in [-0.05, 0) is 43.7 Å². The van der Waals surface area contributed by atoms with Crippen LogP contribution in [0.25, 0.3) is 0 Å². The summed E-state index contributed by atoms with van der Waals surface area (Å²) in [6.45, 7) is 5.77. The van der Waals surface area contributed by atoms with Crippen molar-refractivity contribution in [2.24, 2.45) is 0 Å². The maximum Gasteiger partial charge on any atom is 0.254 e. The van der Waals surface area contributed by atoms with Crippen LogP contribution in [0.3, 0.4) is 0 Å². The van der Waals surface area contributed by atoms with Crippen molar-refractivity contribution in [1.29, 1.82) is 0 Å². The Kier molecular flexibility index (Phi) is 5.16. The molecule has 2 unspecified atom stereocenters. The van der Waals surface area contributed by atoms with E-state index in [-0.39, 0.29) is 18.1 Å². The summed E-state index contributed by atoms with van der Waals surface area (Å²) in [6, 6.07) is 17.3. The summed E-state index contributed by atoms with van der Waals surface area (Å²) in [5.41, 5.74) is 1.75. The van der Waals surface area contributed by atoms with Crippen molar-refractivity contribution in [3.05, 3.63) is 65.7 Å². The minimum absolute atomic E-state index is 0.0625. The molecular formula is C20H23NO3. The number of carbonyl (C=O) groups excluding carboxylic acids is 1. The SMILES string of the molecule is CC1CN(C(=O)c2ccc(COc3ccccc3)cc2)CC(C)O1. The number of benzene rings is 2. The van der Waals surface area contributed by atoms with Gasteiger partial charge in [0.25, 0.3) is 5.91 Å². The van der Waals surface area contributed by atoms with Crippen molar-refractivity contribution in [2.75, 3.05) is 13.1 Å². The third kappa shape index (κ3) is 4.15. The predicted molar refractivity (Wildman–Crippen MR) is 93.1 cm³/mol. The van der Waals surface area contributed by atoms with Crippen LogP contribution in [0.2, 0.25) is 0 Å². The second kappa shape index (κ2) is 7.49. The fraction of sp³-hybridized carbons (Fsp3) is 0.350. The van der Waals surface area contributed by atoms with Gasteiger partial charge in [-0.3, -0.25) is 4.79 Å². The number of morpholine rings is 1. The van der Waals surface area contributed by atoms with Gasteiger partial charge in [-0.1, -0.05) is 30.3 Å². The largest absolute Gasteiger partial charge is 0.489 e. The Morgan fingerprint density at radius 2 is 1.67 bits per heavy atom. The molecule has 0 aliphatic carbocycles. The molecule has 0 aromatic heterocycles. The number of carbonyl (C=O) groups is 1. The van der Waals surface area contributed by atoms with E-state index in [0.717, 1.165) is 11.3 Å². The molecule has 2 aromatic carbocycles. The van der Waals surface area contributed by atoms with Crippen LogP contribution in [0.5, 0.6) is 5.75 Å². The van der Waals surface area contributed by atoms with Gasteiger partial charge in [-0.25, -0.2) is 0 Å². The number of nitrogens with zero attached hydrogens (tertiary/aromatic N) is 1. The van der Waals surface area contributed by atoms with Crippen LogP contribution in [-0.2, 0) is 11.3 Å². The Hall–Kier alpha value is -2.33. The molecule has 1 heterocycles. The van der Waals surface area contributed by atoms with Crippen LogP contribution in [0.15, 0.2) is 54.6 Å². The highest BCUT2D eigenvalue weighted by Crippen LogP contribution is 2.16. The first-order chi connectivity index (χ1) is 11.6. The lowest BCUT2D eigenvalue weighted by molar-refractivity contribution is -0.0586. The zero-order valence-electron chi connectivity index (χ0n) is 14.1. The van der Waals surface area contributed by atoms with E-state index in [9.17, 15) is 4.79 Å². The second-order valence-corrected chi connectivity index (χ2v) is 6.27. The van der Waals surface area contributed by atoms with E-state index in [1.165, 1.54) is 0 Å². The van der Waals surface area contributed by atoms with Crippen molar-refractivity contribution in [2.45, 2.75) is 32.7 Å². The van der Waals surface area contributed by atoms with Crippen LogP contribution in [0, 0.1) is 0 Å². The van der Waals surface area contributed by atoms with E-state index in [4.69, 9.17) is 9.47 Å². The number of hydrogen-bond donors (Lipinski definition) is 0. The average Bonchev–Trinajstić information content (AvgIpc) is 2.60. The van der Waals surface area contributed by atoms with Crippen molar-refractivity contribution < 1.29 is 14.3 Å². The standard InChI is InChI=1S/C20H23NO3/c1-15-12-21(13-16(2)24-15)20(22)18-10-8-17(9-11-18)14-23-19-6-4-3-5-7-19/h3-11,15-16H,12-14H2,1-2H3. The highest BCUT2D eigenvalue weighted by atomic mass is 16.5. The molecule has 0 spiro atoms. The summed E-state index contributed by atoms with van der Waals surface area (Å²) in [5.74, 6) is 0.904. The third-order valence-corrected chi connectivity index (χ3v) is 4.06. The molecule has 3 rings (SSSR count). The molecule has 0 N–H and O–H groups in total. The lowest BCUT2D eigenvalue weighted by atomic mass is 10.1. The monoisotopic (exact) mass is 325 g/mol. The molecule has 2 atom stereocenters. The fourth-order valence-corrected chi connectivity index (χ4v) is 2.95.